The van der Waals surface area contributed by atoms with Gasteiger partial charge in [0, 0.05) is 0 Å². The van der Waals surface area contributed by atoms with E-state index >= 15 is 0 Å². The van der Waals surface area contributed by atoms with Crippen LogP contribution in [0.5, 0.6) is 0 Å². The summed E-state index contributed by atoms with van der Waals surface area (Å²) in [5, 5.41) is 0. The molecule has 54 valence electrons. The van der Waals surface area contributed by atoms with Gasteiger partial charge in [0.05, 0.1) is 12.8 Å². The maximum Gasteiger partial charge on any atom is 0.0925 e. The van der Waals surface area contributed by atoms with Crippen molar-refractivity contribution in [1.29, 1.82) is 0 Å². The van der Waals surface area contributed by atoms with Crippen LogP contribution >= 0.6 is 0 Å². The van der Waals surface area contributed by atoms with Crippen LogP contribution in [0.25, 0.3) is 0 Å². The minimum Gasteiger partial charge on any atom is -0.0654 e. The lowest BCUT2D eigenvalue weighted by Gasteiger charge is -1.97. The van der Waals surface area contributed by atoms with Gasteiger partial charge in [-0.2, -0.15) is 0 Å². The van der Waals surface area contributed by atoms with Gasteiger partial charge >= 0.3 is 0 Å². The van der Waals surface area contributed by atoms with Gasteiger partial charge in [0.2, 0.25) is 0 Å². The lowest BCUT2D eigenvalue weighted by molar-refractivity contribution is 0.559. The Morgan fingerprint density at radius 1 is 1.22 bits per heavy atom. The van der Waals surface area contributed by atoms with Gasteiger partial charge in [0.25, 0.3) is 0 Å². The zero-order chi connectivity index (χ0) is 7.11. The summed E-state index contributed by atoms with van der Waals surface area (Å²) in [4.78, 5) is 0. The number of hydrogen-bond donors (Lipinski definition) is 0. The Labute approximate surface area is 59.7 Å². The molecule has 0 radical (unpaired) electrons. The van der Waals surface area contributed by atoms with Crippen molar-refractivity contribution in [2.45, 2.75) is 46.0 Å². The molecule has 0 rings (SSSR count). The van der Waals surface area contributed by atoms with Gasteiger partial charge in [-0.3, -0.25) is 0 Å². The van der Waals surface area contributed by atoms with Crippen molar-refractivity contribution < 1.29 is 0 Å². The molecule has 0 bridgehead atoms. The van der Waals surface area contributed by atoms with Gasteiger partial charge in [0.15, 0.2) is 0 Å². The topological polar surface area (TPSA) is 0 Å². The molecule has 0 saturated carbocycles. The normalized spacial score (nSPS) is 13.6. The third kappa shape index (κ3) is 7.87. The molecular formula is C9H19+. The van der Waals surface area contributed by atoms with E-state index in [0.717, 1.165) is 0 Å². The van der Waals surface area contributed by atoms with Crippen molar-refractivity contribution in [2.24, 2.45) is 5.92 Å². The van der Waals surface area contributed by atoms with Gasteiger partial charge in [0.1, 0.15) is 0 Å². The Bertz CT molecular complexity index is 46.0. The lowest BCUT2D eigenvalue weighted by Crippen LogP contribution is -1.86. The second kappa shape index (κ2) is 6.00. The minimum absolute atomic E-state index is 0.654. The molecule has 0 aromatic carbocycles. The van der Waals surface area contributed by atoms with Crippen LogP contribution in [-0.2, 0) is 0 Å². The van der Waals surface area contributed by atoms with Crippen LogP contribution in [0.1, 0.15) is 46.0 Å². The fourth-order valence-corrected chi connectivity index (χ4v) is 0.920. The Balaban J connectivity index is 2.75. The molecule has 0 saturated heterocycles. The van der Waals surface area contributed by atoms with Crippen molar-refractivity contribution in [3.05, 3.63) is 6.92 Å². The van der Waals surface area contributed by atoms with E-state index in [1.165, 1.54) is 32.1 Å². The molecule has 0 aliphatic heterocycles. The molecule has 0 aliphatic rings. The molecule has 0 heterocycles. The first-order chi connectivity index (χ1) is 4.27. The lowest BCUT2D eigenvalue weighted by atomic mass is 10.1. The predicted octanol–water partition coefficient (Wildman–Crippen LogP) is 3.43. The summed E-state index contributed by atoms with van der Waals surface area (Å²) in [6.07, 6.45) is 6.81. The first kappa shape index (κ1) is 8.87. The van der Waals surface area contributed by atoms with E-state index in [4.69, 9.17) is 0 Å². The highest BCUT2D eigenvalue weighted by molar-refractivity contribution is 4.53. The highest BCUT2D eigenvalue weighted by Gasteiger charge is 1.97. The molecule has 0 spiro atoms. The average Bonchev–Trinajstić information content (AvgIpc) is 1.80. The van der Waals surface area contributed by atoms with Crippen LogP contribution in [0.3, 0.4) is 0 Å². The molecule has 0 aromatic heterocycles. The van der Waals surface area contributed by atoms with Crippen molar-refractivity contribution >= 4 is 0 Å². The highest BCUT2D eigenvalue weighted by Crippen LogP contribution is 2.08. The van der Waals surface area contributed by atoms with Crippen LogP contribution in [0, 0.1) is 12.8 Å². The number of rotatable bonds is 5. The summed E-state index contributed by atoms with van der Waals surface area (Å²) in [7, 11) is 0. The summed E-state index contributed by atoms with van der Waals surface area (Å²) in [5.74, 6) is 0.654. The molecule has 1 unspecified atom stereocenters. The van der Waals surface area contributed by atoms with Crippen LogP contribution in [0.4, 0.5) is 0 Å². The van der Waals surface area contributed by atoms with E-state index < -0.39 is 0 Å². The van der Waals surface area contributed by atoms with E-state index in [2.05, 4.69) is 20.8 Å². The SMILES string of the molecule is [CH2+]C(C)CCCCCC. The zero-order valence-electron chi connectivity index (χ0n) is 6.82. The maximum absolute atomic E-state index is 3.94. The van der Waals surface area contributed by atoms with Crippen LogP contribution in [0.15, 0.2) is 0 Å². The Morgan fingerprint density at radius 2 is 1.89 bits per heavy atom. The Morgan fingerprint density at radius 3 is 2.33 bits per heavy atom. The van der Waals surface area contributed by atoms with Gasteiger partial charge in [-0.15, -0.1) is 0 Å². The van der Waals surface area contributed by atoms with Crippen molar-refractivity contribution in [1.82, 2.24) is 0 Å². The molecule has 1 atom stereocenters. The first-order valence-electron chi connectivity index (χ1n) is 4.10. The summed E-state index contributed by atoms with van der Waals surface area (Å²) in [5.41, 5.74) is 0. The summed E-state index contributed by atoms with van der Waals surface area (Å²) >= 11 is 0. The van der Waals surface area contributed by atoms with E-state index in [1.54, 1.807) is 0 Å². The minimum atomic E-state index is 0.654. The largest absolute Gasteiger partial charge is 0.0925 e. The molecular weight excluding hydrogens is 108 g/mol. The van der Waals surface area contributed by atoms with E-state index in [1.807, 2.05) is 0 Å². The van der Waals surface area contributed by atoms with Crippen molar-refractivity contribution in [2.75, 3.05) is 0 Å². The molecule has 0 N–H and O–H groups in total. The van der Waals surface area contributed by atoms with Gasteiger partial charge < -0.3 is 0 Å². The average molecular weight is 127 g/mol. The fraction of sp³-hybridized carbons (Fsp3) is 0.889. The fourth-order valence-electron chi connectivity index (χ4n) is 0.920. The van der Waals surface area contributed by atoms with E-state index in [0.29, 0.717) is 5.92 Å². The standard InChI is InChI=1S/C9H19/c1-4-5-6-7-8-9(2)3/h9H,2,4-8H2,1,3H3/q+1. The summed E-state index contributed by atoms with van der Waals surface area (Å²) in [6, 6.07) is 0. The van der Waals surface area contributed by atoms with E-state index in [9.17, 15) is 0 Å². The van der Waals surface area contributed by atoms with Gasteiger partial charge in [-0.25, -0.2) is 0 Å². The third-order valence-electron chi connectivity index (χ3n) is 1.55. The van der Waals surface area contributed by atoms with Crippen molar-refractivity contribution in [3.63, 3.8) is 0 Å². The first-order valence-corrected chi connectivity index (χ1v) is 4.10. The Hall–Kier alpha value is -0.130. The Kier molecular flexibility index (Phi) is 5.91. The zero-order valence-corrected chi connectivity index (χ0v) is 6.82. The number of unbranched alkanes of at least 4 members (excludes halogenated alkanes) is 3. The molecule has 0 amide bonds. The summed E-state index contributed by atoms with van der Waals surface area (Å²) < 4.78 is 0. The second-order valence-corrected chi connectivity index (χ2v) is 2.95. The quantitative estimate of drug-likeness (QED) is 0.392. The monoisotopic (exact) mass is 127 g/mol. The van der Waals surface area contributed by atoms with Gasteiger partial charge in [-0.1, -0.05) is 26.2 Å². The molecule has 0 aromatic rings. The van der Waals surface area contributed by atoms with Crippen LogP contribution in [0.2, 0.25) is 0 Å². The molecule has 0 aliphatic carbocycles. The van der Waals surface area contributed by atoms with E-state index in [-0.39, 0.29) is 0 Å². The third-order valence-corrected chi connectivity index (χ3v) is 1.55. The summed E-state index contributed by atoms with van der Waals surface area (Å²) in [6.45, 7) is 8.37. The molecule has 0 fully saturated rings. The molecule has 0 heteroatoms. The van der Waals surface area contributed by atoms with Crippen molar-refractivity contribution in [3.8, 4) is 0 Å². The maximum atomic E-state index is 3.94. The smallest absolute Gasteiger partial charge is 0.0654 e. The van der Waals surface area contributed by atoms with Crippen LogP contribution < -0.4 is 0 Å². The highest BCUT2D eigenvalue weighted by atomic mass is 14.0. The predicted molar refractivity (Wildman–Crippen MR) is 43.3 cm³/mol. The molecule has 0 nitrogen and oxygen atoms in total. The van der Waals surface area contributed by atoms with Gasteiger partial charge in [-0.05, 0) is 19.8 Å². The van der Waals surface area contributed by atoms with Crippen LogP contribution in [-0.4, -0.2) is 0 Å². The second-order valence-electron chi connectivity index (χ2n) is 2.95. The number of hydrogen-bond acceptors (Lipinski definition) is 0. The molecule has 9 heavy (non-hydrogen) atoms.